The molecule has 0 fully saturated rings. The van der Waals surface area contributed by atoms with E-state index < -0.39 is 0 Å². The summed E-state index contributed by atoms with van der Waals surface area (Å²) in [7, 11) is 8.30. The van der Waals surface area contributed by atoms with E-state index in [1.54, 1.807) is 0 Å². The van der Waals surface area contributed by atoms with Crippen LogP contribution in [0, 0.1) is 0 Å². The lowest BCUT2D eigenvalue weighted by Crippen LogP contribution is -2.18. The third-order valence-electron chi connectivity index (χ3n) is 5.66. The van der Waals surface area contributed by atoms with Crippen molar-refractivity contribution in [2.24, 2.45) is 0 Å². The highest BCUT2D eigenvalue weighted by molar-refractivity contribution is 5.99. The molecule has 0 unspecified atom stereocenters. The smallest absolute Gasteiger partial charge is 0.309 e. The van der Waals surface area contributed by atoms with Crippen LogP contribution < -0.4 is 0 Å². The average molecular weight is 403 g/mol. The van der Waals surface area contributed by atoms with Crippen LogP contribution in [0.25, 0.3) is 21.8 Å². The van der Waals surface area contributed by atoms with Crippen LogP contribution in [0.5, 0.6) is 0 Å². The molecule has 0 amide bonds. The highest BCUT2D eigenvalue weighted by atomic mass is 16.2. The first-order valence-corrected chi connectivity index (χ1v) is 10.5. The van der Waals surface area contributed by atoms with Crippen molar-refractivity contribution in [3.05, 3.63) is 72.1 Å². The molecule has 0 saturated heterocycles. The maximum atomic E-state index is 13.7. The van der Waals surface area contributed by atoms with Crippen LogP contribution in [0.1, 0.15) is 11.1 Å². The molecule has 5 heteroatoms. The Kier molecular flexibility index (Phi) is 5.75. The standard InChI is InChI=1S/C25H30N4O/c1-26(2)15-13-19-17-28(23-11-7-5-9-21(19)23)25(30)29-18-20(14-16-27(3)4)22-10-6-8-12-24(22)29/h5-12,17-18H,13-16H2,1-4H3. The molecule has 4 rings (SSSR count). The molecular weight excluding hydrogens is 372 g/mol. The molecule has 0 saturated carbocycles. The highest BCUT2D eigenvalue weighted by Crippen LogP contribution is 2.26. The third kappa shape index (κ3) is 3.91. The Bertz CT molecular complexity index is 1090. The number of rotatable bonds is 6. The van der Waals surface area contributed by atoms with Gasteiger partial charge in [-0.1, -0.05) is 36.4 Å². The fourth-order valence-electron chi connectivity index (χ4n) is 4.02. The number of nitrogens with zero attached hydrogens (tertiary/aromatic N) is 4. The van der Waals surface area contributed by atoms with Crippen LogP contribution >= 0.6 is 0 Å². The summed E-state index contributed by atoms with van der Waals surface area (Å²) in [5.74, 6) is 0. The zero-order valence-electron chi connectivity index (χ0n) is 18.3. The van der Waals surface area contributed by atoms with E-state index in [9.17, 15) is 4.79 Å². The molecule has 0 radical (unpaired) electrons. The van der Waals surface area contributed by atoms with Crippen molar-refractivity contribution in [2.75, 3.05) is 41.3 Å². The van der Waals surface area contributed by atoms with Crippen molar-refractivity contribution in [1.29, 1.82) is 0 Å². The van der Waals surface area contributed by atoms with E-state index in [0.29, 0.717) is 0 Å². The second-order valence-electron chi connectivity index (χ2n) is 8.47. The summed E-state index contributed by atoms with van der Waals surface area (Å²) >= 11 is 0. The summed E-state index contributed by atoms with van der Waals surface area (Å²) in [6, 6.07) is 16.3. The van der Waals surface area contributed by atoms with Gasteiger partial charge in [0.1, 0.15) is 0 Å². The van der Waals surface area contributed by atoms with Crippen molar-refractivity contribution >= 4 is 27.8 Å². The Hall–Kier alpha value is -2.89. The summed E-state index contributed by atoms with van der Waals surface area (Å²) < 4.78 is 3.62. The van der Waals surface area contributed by atoms with Crippen molar-refractivity contribution in [2.45, 2.75) is 12.8 Å². The quantitative estimate of drug-likeness (QED) is 0.482. The molecule has 4 aromatic rings. The third-order valence-corrected chi connectivity index (χ3v) is 5.66. The van der Waals surface area contributed by atoms with Crippen LogP contribution in [0.2, 0.25) is 0 Å². The Labute approximate surface area is 178 Å². The number of carbonyl (C=O) groups is 1. The molecule has 0 aliphatic carbocycles. The minimum atomic E-state index is -0.0328. The van der Waals surface area contributed by atoms with Crippen molar-refractivity contribution in [1.82, 2.24) is 18.9 Å². The molecule has 2 heterocycles. The van der Waals surface area contributed by atoms with Crippen molar-refractivity contribution < 1.29 is 4.79 Å². The zero-order valence-corrected chi connectivity index (χ0v) is 18.3. The van der Waals surface area contributed by atoms with E-state index in [0.717, 1.165) is 47.7 Å². The molecule has 0 bridgehead atoms. The first-order chi connectivity index (χ1) is 14.5. The fourth-order valence-corrected chi connectivity index (χ4v) is 4.02. The fraction of sp³-hybridized carbons (Fsp3) is 0.320. The van der Waals surface area contributed by atoms with Gasteiger partial charge in [0.2, 0.25) is 0 Å². The van der Waals surface area contributed by atoms with E-state index in [1.165, 1.54) is 11.1 Å². The van der Waals surface area contributed by atoms with Crippen molar-refractivity contribution in [3.63, 3.8) is 0 Å². The van der Waals surface area contributed by atoms with Gasteiger partial charge in [-0.2, -0.15) is 0 Å². The molecule has 0 spiro atoms. The van der Waals surface area contributed by atoms with Crippen molar-refractivity contribution in [3.8, 4) is 0 Å². The predicted molar refractivity (Wildman–Crippen MR) is 125 cm³/mol. The molecule has 2 aromatic carbocycles. The average Bonchev–Trinajstić information content (AvgIpc) is 3.29. The van der Waals surface area contributed by atoms with E-state index in [1.807, 2.05) is 57.9 Å². The molecule has 0 N–H and O–H groups in total. The largest absolute Gasteiger partial charge is 0.337 e. The van der Waals surface area contributed by atoms with Crippen LogP contribution in [0.15, 0.2) is 60.9 Å². The summed E-state index contributed by atoms with van der Waals surface area (Å²) in [5.41, 5.74) is 4.33. The normalized spacial score (nSPS) is 11.9. The Morgan fingerprint density at radius 1 is 0.700 bits per heavy atom. The minimum absolute atomic E-state index is 0.0328. The van der Waals surface area contributed by atoms with Gasteiger partial charge >= 0.3 is 6.03 Å². The summed E-state index contributed by atoms with van der Waals surface area (Å²) in [6.45, 7) is 1.90. The van der Waals surface area contributed by atoms with E-state index in [-0.39, 0.29) is 6.03 Å². The molecule has 30 heavy (non-hydrogen) atoms. The van der Waals surface area contributed by atoms with Crippen LogP contribution in [0.3, 0.4) is 0 Å². The van der Waals surface area contributed by atoms with Gasteiger partial charge in [-0.3, -0.25) is 9.13 Å². The van der Waals surface area contributed by atoms with Gasteiger partial charge in [-0.25, -0.2) is 4.79 Å². The lowest BCUT2D eigenvalue weighted by Gasteiger charge is -2.08. The number of likely N-dealkylation sites (N-methyl/N-ethyl adjacent to an activating group) is 2. The zero-order chi connectivity index (χ0) is 21.3. The molecule has 0 atom stereocenters. The number of carbonyl (C=O) groups excluding carboxylic acids is 1. The highest BCUT2D eigenvalue weighted by Gasteiger charge is 2.18. The number of aromatic nitrogens is 2. The molecule has 2 aromatic heterocycles. The maximum absolute atomic E-state index is 13.7. The topological polar surface area (TPSA) is 33.4 Å². The van der Waals surface area contributed by atoms with Gasteiger partial charge in [0.25, 0.3) is 0 Å². The second kappa shape index (κ2) is 8.46. The summed E-state index contributed by atoms with van der Waals surface area (Å²) in [4.78, 5) is 18.0. The van der Waals surface area contributed by atoms with Crippen LogP contribution in [0.4, 0.5) is 4.79 Å². The Morgan fingerprint density at radius 2 is 1.10 bits per heavy atom. The van der Waals surface area contributed by atoms with Gasteiger partial charge < -0.3 is 9.80 Å². The number of para-hydroxylation sites is 2. The lowest BCUT2D eigenvalue weighted by molar-refractivity contribution is 0.245. The molecule has 0 aliphatic heterocycles. The van der Waals surface area contributed by atoms with Gasteiger partial charge in [0, 0.05) is 36.3 Å². The van der Waals surface area contributed by atoms with Gasteiger partial charge in [0.15, 0.2) is 0 Å². The monoisotopic (exact) mass is 402 g/mol. The van der Waals surface area contributed by atoms with Crippen LogP contribution in [-0.2, 0) is 12.8 Å². The predicted octanol–water partition coefficient (Wildman–Crippen LogP) is 4.32. The number of hydrogen-bond donors (Lipinski definition) is 0. The van der Waals surface area contributed by atoms with Gasteiger partial charge in [-0.05, 0) is 64.3 Å². The minimum Gasteiger partial charge on any atom is -0.309 e. The molecular formula is C25H30N4O. The first kappa shape index (κ1) is 20.4. The first-order valence-electron chi connectivity index (χ1n) is 10.5. The maximum Gasteiger partial charge on any atom is 0.337 e. The van der Waals surface area contributed by atoms with E-state index in [2.05, 4.69) is 50.1 Å². The van der Waals surface area contributed by atoms with E-state index in [4.69, 9.17) is 0 Å². The van der Waals surface area contributed by atoms with E-state index >= 15 is 0 Å². The van der Waals surface area contributed by atoms with Gasteiger partial charge in [0.05, 0.1) is 11.0 Å². The summed E-state index contributed by atoms with van der Waals surface area (Å²) in [6.07, 6.45) is 5.86. The number of fused-ring (bicyclic) bond motifs is 2. The van der Waals surface area contributed by atoms with Crippen LogP contribution in [-0.4, -0.2) is 66.2 Å². The molecule has 5 nitrogen and oxygen atoms in total. The molecule has 0 aliphatic rings. The van der Waals surface area contributed by atoms with Gasteiger partial charge in [-0.15, -0.1) is 0 Å². The SMILES string of the molecule is CN(C)CCc1cn(C(=O)n2cc(CCN(C)C)c3ccccc32)c2ccccc12. The number of benzene rings is 2. The second-order valence-corrected chi connectivity index (χ2v) is 8.47. The summed E-state index contributed by atoms with van der Waals surface area (Å²) in [5, 5.41) is 2.30. The number of hydrogen-bond acceptors (Lipinski definition) is 3. The Morgan fingerprint density at radius 3 is 1.50 bits per heavy atom. The Balaban J connectivity index is 1.78. The lowest BCUT2D eigenvalue weighted by atomic mass is 10.1. The molecule has 156 valence electrons.